The predicted octanol–water partition coefficient (Wildman–Crippen LogP) is 2.17. The minimum absolute atomic E-state index is 0.00660. The molecule has 1 rings (SSSR count). The van der Waals surface area contributed by atoms with Gasteiger partial charge in [0, 0.05) is 0 Å². The molecule has 2 heteroatoms. The quantitative estimate of drug-likeness (QED) is 0.709. The van der Waals surface area contributed by atoms with Gasteiger partial charge in [0.05, 0.1) is 6.10 Å². The van der Waals surface area contributed by atoms with Crippen LogP contribution >= 0.6 is 0 Å². The van der Waals surface area contributed by atoms with Crippen LogP contribution in [0, 0.1) is 5.92 Å². The van der Waals surface area contributed by atoms with Crippen molar-refractivity contribution in [3.63, 3.8) is 0 Å². The lowest BCUT2D eigenvalue weighted by Gasteiger charge is -2.25. The fourth-order valence-corrected chi connectivity index (χ4v) is 1.70. The first-order valence-electron chi connectivity index (χ1n) is 5.71. The van der Waals surface area contributed by atoms with E-state index in [9.17, 15) is 5.11 Å². The summed E-state index contributed by atoms with van der Waals surface area (Å²) < 4.78 is 0. The molecule has 2 N–H and O–H groups in total. The summed E-state index contributed by atoms with van der Waals surface area (Å²) in [7, 11) is 0. The molecule has 0 bridgehead atoms. The van der Waals surface area contributed by atoms with E-state index in [0.29, 0.717) is 0 Å². The van der Waals surface area contributed by atoms with Gasteiger partial charge in [-0.15, -0.1) is 0 Å². The van der Waals surface area contributed by atoms with Crippen LogP contribution in [-0.2, 0) is 0 Å². The average molecular weight is 187 g/mol. The Morgan fingerprint density at radius 3 is 2.15 bits per heavy atom. The van der Waals surface area contributed by atoms with Crippen LogP contribution < -0.4 is 5.32 Å². The Bertz CT molecular complexity index is 95.5. The smallest absolute Gasteiger partial charge is 0.0540 e. The topological polar surface area (TPSA) is 32.3 Å². The largest absolute Gasteiger partial charge is 0.393 e. The van der Waals surface area contributed by atoms with Crippen LogP contribution in [0.4, 0.5) is 0 Å². The molecule has 0 aliphatic heterocycles. The molecule has 0 aromatic rings. The van der Waals surface area contributed by atoms with Gasteiger partial charge in [-0.1, -0.05) is 20.8 Å². The highest BCUT2D eigenvalue weighted by molar-refractivity contribution is 4.72. The van der Waals surface area contributed by atoms with E-state index in [2.05, 4.69) is 12.2 Å². The summed E-state index contributed by atoms with van der Waals surface area (Å²) in [6.07, 6.45) is 4.42. The zero-order chi connectivity index (χ0) is 10.1. The standard InChI is InChI=1S/C9H19NO.C2H6/c1-2-10-7-8-3-5-9(11)6-4-8;1-2/h8-11H,2-7H2,1H3;1-2H3. The van der Waals surface area contributed by atoms with Gasteiger partial charge in [-0.05, 0) is 44.7 Å². The van der Waals surface area contributed by atoms with E-state index in [-0.39, 0.29) is 6.10 Å². The number of nitrogens with one attached hydrogen (secondary N) is 1. The zero-order valence-corrected chi connectivity index (χ0v) is 9.34. The van der Waals surface area contributed by atoms with E-state index in [1.54, 1.807) is 0 Å². The normalized spacial score (nSPS) is 27.7. The van der Waals surface area contributed by atoms with E-state index in [0.717, 1.165) is 31.8 Å². The molecule has 0 radical (unpaired) electrons. The van der Waals surface area contributed by atoms with Crippen LogP contribution in [0.2, 0.25) is 0 Å². The molecule has 2 nitrogen and oxygen atoms in total. The molecular weight excluding hydrogens is 162 g/mol. The summed E-state index contributed by atoms with van der Waals surface area (Å²) in [5.41, 5.74) is 0. The Morgan fingerprint density at radius 1 is 1.15 bits per heavy atom. The highest BCUT2D eigenvalue weighted by Crippen LogP contribution is 2.23. The highest BCUT2D eigenvalue weighted by Gasteiger charge is 2.18. The van der Waals surface area contributed by atoms with Gasteiger partial charge in [0.2, 0.25) is 0 Å². The number of hydrogen-bond donors (Lipinski definition) is 2. The van der Waals surface area contributed by atoms with Crippen molar-refractivity contribution in [2.45, 2.75) is 52.6 Å². The molecule has 0 aromatic carbocycles. The van der Waals surface area contributed by atoms with Crippen LogP contribution in [0.25, 0.3) is 0 Å². The van der Waals surface area contributed by atoms with Gasteiger partial charge in [0.1, 0.15) is 0 Å². The van der Waals surface area contributed by atoms with Crippen molar-refractivity contribution in [2.75, 3.05) is 13.1 Å². The van der Waals surface area contributed by atoms with Crippen molar-refractivity contribution in [3.05, 3.63) is 0 Å². The second kappa shape index (κ2) is 8.52. The van der Waals surface area contributed by atoms with Crippen LogP contribution in [-0.4, -0.2) is 24.3 Å². The summed E-state index contributed by atoms with van der Waals surface area (Å²) >= 11 is 0. The molecule has 0 aromatic heterocycles. The molecule has 0 amide bonds. The van der Waals surface area contributed by atoms with Crippen LogP contribution in [0.3, 0.4) is 0 Å². The van der Waals surface area contributed by atoms with Crippen LogP contribution in [0.5, 0.6) is 0 Å². The average Bonchev–Trinajstić information content (AvgIpc) is 2.20. The van der Waals surface area contributed by atoms with Crippen molar-refractivity contribution >= 4 is 0 Å². The maximum atomic E-state index is 9.23. The van der Waals surface area contributed by atoms with E-state index in [1.165, 1.54) is 12.8 Å². The Labute approximate surface area is 82.7 Å². The van der Waals surface area contributed by atoms with E-state index in [1.807, 2.05) is 13.8 Å². The maximum Gasteiger partial charge on any atom is 0.0540 e. The van der Waals surface area contributed by atoms with Gasteiger partial charge in [-0.2, -0.15) is 0 Å². The molecule has 0 saturated heterocycles. The summed E-state index contributed by atoms with van der Waals surface area (Å²) in [6, 6.07) is 0. The molecule has 1 aliphatic carbocycles. The van der Waals surface area contributed by atoms with Crippen LogP contribution in [0.1, 0.15) is 46.5 Å². The van der Waals surface area contributed by atoms with Crippen molar-refractivity contribution in [1.82, 2.24) is 5.32 Å². The lowest BCUT2D eigenvalue weighted by molar-refractivity contribution is 0.108. The van der Waals surface area contributed by atoms with E-state index >= 15 is 0 Å². The lowest BCUT2D eigenvalue weighted by atomic mass is 9.87. The summed E-state index contributed by atoms with van der Waals surface area (Å²) in [5, 5.41) is 12.6. The van der Waals surface area contributed by atoms with E-state index < -0.39 is 0 Å². The minimum Gasteiger partial charge on any atom is -0.393 e. The molecule has 0 heterocycles. The third-order valence-corrected chi connectivity index (χ3v) is 2.50. The second-order valence-corrected chi connectivity index (χ2v) is 3.48. The first-order chi connectivity index (χ1) is 6.33. The Kier molecular flexibility index (Phi) is 8.46. The van der Waals surface area contributed by atoms with Crippen molar-refractivity contribution in [3.8, 4) is 0 Å². The number of aliphatic hydroxyl groups excluding tert-OH is 1. The zero-order valence-electron chi connectivity index (χ0n) is 9.34. The number of hydrogen-bond acceptors (Lipinski definition) is 2. The molecule has 1 saturated carbocycles. The first kappa shape index (κ1) is 12.9. The Morgan fingerprint density at radius 2 is 1.69 bits per heavy atom. The molecule has 0 atom stereocenters. The summed E-state index contributed by atoms with van der Waals surface area (Å²) in [4.78, 5) is 0. The summed E-state index contributed by atoms with van der Waals surface area (Å²) in [5.74, 6) is 0.818. The molecular formula is C11H25NO. The van der Waals surface area contributed by atoms with Gasteiger partial charge < -0.3 is 10.4 Å². The van der Waals surface area contributed by atoms with Gasteiger partial charge in [-0.25, -0.2) is 0 Å². The maximum absolute atomic E-state index is 9.23. The van der Waals surface area contributed by atoms with Gasteiger partial charge in [-0.3, -0.25) is 0 Å². The minimum atomic E-state index is -0.00660. The third-order valence-electron chi connectivity index (χ3n) is 2.50. The predicted molar refractivity (Wildman–Crippen MR) is 57.9 cm³/mol. The monoisotopic (exact) mass is 187 g/mol. The molecule has 80 valence electrons. The molecule has 0 unspecified atom stereocenters. The third kappa shape index (κ3) is 6.05. The molecule has 1 fully saturated rings. The summed E-state index contributed by atoms with van der Waals surface area (Å²) in [6.45, 7) is 8.35. The number of rotatable bonds is 3. The van der Waals surface area contributed by atoms with Crippen molar-refractivity contribution in [2.24, 2.45) is 5.92 Å². The van der Waals surface area contributed by atoms with Crippen molar-refractivity contribution < 1.29 is 5.11 Å². The van der Waals surface area contributed by atoms with Gasteiger partial charge >= 0.3 is 0 Å². The second-order valence-electron chi connectivity index (χ2n) is 3.48. The Balaban J connectivity index is 0.000000671. The first-order valence-corrected chi connectivity index (χ1v) is 5.71. The fraction of sp³-hybridized carbons (Fsp3) is 1.00. The fourth-order valence-electron chi connectivity index (χ4n) is 1.70. The van der Waals surface area contributed by atoms with Gasteiger partial charge in [0.25, 0.3) is 0 Å². The van der Waals surface area contributed by atoms with Gasteiger partial charge in [0.15, 0.2) is 0 Å². The Hall–Kier alpha value is -0.0800. The molecule has 13 heavy (non-hydrogen) atoms. The van der Waals surface area contributed by atoms with E-state index in [4.69, 9.17) is 0 Å². The number of aliphatic hydroxyl groups is 1. The lowest BCUT2D eigenvalue weighted by Crippen LogP contribution is -2.27. The van der Waals surface area contributed by atoms with Crippen LogP contribution in [0.15, 0.2) is 0 Å². The highest BCUT2D eigenvalue weighted by atomic mass is 16.3. The SMILES string of the molecule is CC.CCNCC1CCC(O)CC1. The molecule has 1 aliphatic rings. The molecule has 0 spiro atoms. The van der Waals surface area contributed by atoms with Crippen molar-refractivity contribution in [1.29, 1.82) is 0 Å².